The standard InChI is InChI=1S/C14H19ClN4/c1-18-7-3-6-14(10-18)9-17-13(16)19(14)12-5-2-4-11(15)8-12/h2,4-5,8H,3,6-7,9-10H2,1H3,(H2,16,17). The maximum atomic E-state index is 6.13. The number of rotatable bonds is 1. The second kappa shape index (κ2) is 4.69. The number of hydrogen-bond donors (Lipinski definition) is 1. The summed E-state index contributed by atoms with van der Waals surface area (Å²) in [5.41, 5.74) is 7.17. The Morgan fingerprint density at radius 2 is 2.26 bits per heavy atom. The largest absolute Gasteiger partial charge is 0.369 e. The predicted octanol–water partition coefficient (Wildman–Crippen LogP) is 1.94. The summed E-state index contributed by atoms with van der Waals surface area (Å²) in [6.45, 7) is 2.91. The number of hydrogen-bond acceptors (Lipinski definition) is 4. The van der Waals surface area contributed by atoms with Gasteiger partial charge in [-0.1, -0.05) is 17.7 Å². The molecule has 1 fully saturated rings. The van der Waals surface area contributed by atoms with E-state index in [1.54, 1.807) is 0 Å². The number of guanidine groups is 1. The average Bonchev–Trinajstić information content (AvgIpc) is 2.66. The van der Waals surface area contributed by atoms with Crippen LogP contribution < -0.4 is 10.6 Å². The van der Waals surface area contributed by atoms with E-state index in [2.05, 4.69) is 27.9 Å². The summed E-state index contributed by atoms with van der Waals surface area (Å²) in [5, 5.41) is 0.733. The van der Waals surface area contributed by atoms with Gasteiger partial charge in [-0.2, -0.15) is 0 Å². The van der Waals surface area contributed by atoms with Gasteiger partial charge in [-0.05, 0) is 44.6 Å². The van der Waals surface area contributed by atoms with Gasteiger partial charge < -0.3 is 15.5 Å². The van der Waals surface area contributed by atoms with E-state index in [0.29, 0.717) is 5.96 Å². The second-order valence-electron chi connectivity index (χ2n) is 5.56. The fraction of sp³-hybridized carbons (Fsp3) is 0.500. The van der Waals surface area contributed by atoms with Gasteiger partial charge in [0.05, 0.1) is 12.1 Å². The van der Waals surface area contributed by atoms with Crippen molar-refractivity contribution in [2.24, 2.45) is 10.7 Å². The molecule has 19 heavy (non-hydrogen) atoms. The number of piperidine rings is 1. The van der Waals surface area contributed by atoms with Crippen LogP contribution in [-0.4, -0.2) is 43.1 Å². The van der Waals surface area contributed by atoms with Crippen LogP contribution in [0.25, 0.3) is 0 Å². The molecule has 1 aromatic rings. The van der Waals surface area contributed by atoms with Gasteiger partial charge in [0.2, 0.25) is 0 Å². The van der Waals surface area contributed by atoms with Gasteiger partial charge in [0.1, 0.15) is 0 Å². The minimum Gasteiger partial charge on any atom is -0.369 e. The number of nitrogens with zero attached hydrogens (tertiary/aromatic N) is 3. The first-order chi connectivity index (χ1) is 9.11. The Kier molecular flexibility index (Phi) is 3.15. The van der Waals surface area contributed by atoms with Crippen molar-refractivity contribution in [1.29, 1.82) is 0 Å². The summed E-state index contributed by atoms with van der Waals surface area (Å²) in [7, 11) is 2.16. The molecule has 4 nitrogen and oxygen atoms in total. The molecular formula is C14H19ClN4. The Labute approximate surface area is 118 Å². The molecule has 1 spiro atoms. The van der Waals surface area contributed by atoms with Crippen molar-refractivity contribution in [3.05, 3.63) is 29.3 Å². The lowest BCUT2D eigenvalue weighted by molar-refractivity contribution is 0.191. The minimum absolute atomic E-state index is 0.00175. The third-order valence-electron chi connectivity index (χ3n) is 4.05. The molecule has 1 unspecified atom stereocenters. The molecule has 1 aromatic carbocycles. The molecule has 0 radical (unpaired) electrons. The van der Waals surface area contributed by atoms with E-state index < -0.39 is 0 Å². The summed E-state index contributed by atoms with van der Waals surface area (Å²) in [4.78, 5) is 9.02. The van der Waals surface area contributed by atoms with Gasteiger partial charge in [-0.3, -0.25) is 4.99 Å². The van der Waals surface area contributed by atoms with Crippen molar-refractivity contribution in [1.82, 2.24) is 4.90 Å². The molecular weight excluding hydrogens is 260 g/mol. The smallest absolute Gasteiger partial charge is 0.196 e. The van der Waals surface area contributed by atoms with Crippen LogP contribution in [0.3, 0.4) is 0 Å². The first-order valence-corrected chi connectivity index (χ1v) is 7.03. The lowest BCUT2D eigenvalue weighted by Gasteiger charge is -2.45. The third-order valence-corrected chi connectivity index (χ3v) is 4.29. The Balaban J connectivity index is 1.98. The highest BCUT2D eigenvalue weighted by Crippen LogP contribution is 2.36. The highest BCUT2D eigenvalue weighted by Gasteiger charge is 2.45. The number of halogens is 1. The highest BCUT2D eigenvalue weighted by molar-refractivity contribution is 6.31. The zero-order valence-corrected chi connectivity index (χ0v) is 11.9. The van der Waals surface area contributed by atoms with E-state index in [1.165, 1.54) is 6.42 Å². The second-order valence-corrected chi connectivity index (χ2v) is 5.99. The first-order valence-electron chi connectivity index (χ1n) is 6.65. The molecule has 2 aliphatic heterocycles. The molecule has 0 saturated carbocycles. The molecule has 0 aliphatic carbocycles. The van der Waals surface area contributed by atoms with Crippen LogP contribution in [0.2, 0.25) is 5.02 Å². The molecule has 2 heterocycles. The molecule has 2 N–H and O–H groups in total. The van der Waals surface area contributed by atoms with Crippen LogP contribution >= 0.6 is 11.6 Å². The monoisotopic (exact) mass is 278 g/mol. The van der Waals surface area contributed by atoms with Gasteiger partial charge in [-0.15, -0.1) is 0 Å². The van der Waals surface area contributed by atoms with E-state index >= 15 is 0 Å². The van der Waals surface area contributed by atoms with Crippen LogP contribution in [0.1, 0.15) is 12.8 Å². The fourth-order valence-corrected chi connectivity index (χ4v) is 3.47. The average molecular weight is 279 g/mol. The third kappa shape index (κ3) is 2.19. The number of anilines is 1. The van der Waals surface area contributed by atoms with Crippen molar-refractivity contribution in [3.8, 4) is 0 Å². The number of aliphatic imine (C=N–C) groups is 1. The Morgan fingerprint density at radius 3 is 3.00 bits per heavy atom. The highest BCUT2D eigenvalue weighted by atomic mass is 35.5. The minimum atomic E-state index is 0.00175. The number of nitrogens with two attached hydrogens (primary N) is 1. The lowest BCUT2D eigenvalue weighted by Crippen LogP contribution is -2.60. The van der Waals surface area contributed by atoms with Crippen LogP contribution in [0, 0.1) is 0 Å². The van der Waals surface area contributed by atoms with Gasteiger partial charge in [0.15, 0.2) is 5.96 Å². The quantitative estimate of drug-likeness (QED) is 0.854. The molecule has 0 amide bonds. The van der Waals surface area contributed by atoms with Crippen LogP contribution in [0.15, 0.2) is 29.3 Å². The van der Waals surface area contributed by atoms with Crippen molar-refractivity contribution in [2.75, 3.05) is 31.6 Å². The number of likely N-dealkylation sites (tertiary alicyclic amines) is 1. The normalized spacial score (nSPS) is 27.9. The summed E-state index contributed by atoms with van der Waals surface area (Å²) in [6, 6.07) is 7.86. The fourth-order valence-electron chi connectivity index (χ4n) is 3.28. The molecule has 1 atom stereocenters. The Morgan fingerprint density at radius 1 is 1.42 bits per heavy atom. The van der Waals surface area contributed by atoms with Crippen LogP contribution in [0.4, 0.5) is 5.69 Å². The number of likely N-dealkylation sites (N-methyl/N-ethyl adjacent to an activating group) is 1. The zero-order chi connectivity index (χ0) is 13.5. The predicted molar refractivity (Wildman–Crippen MR) is 79.9 cm³/mol. The molecule has 3 rings (SSSR count). The van der Waals surface area contributed by atoms with E-state index in [0.717, 1.165) is 36.8 Å². The molecule has 2 aliphatic rings. The van der Waals surface area contributed by atoms with Gasteiger partial charge in [0.25, 0.3) is 0 Å². The van der Waals surface area contributed by atoms with Crippen molar-refractivity contribution in [2.45, 2.75) is 18.4 Å². The van der Waals surface area contributed by atoms with Gasteiger partial charge >= 0.3 is 0 Å². The van der Waals surface area contributed by atoms with Crippen LogP contribution in [-0.2, 0) is 0 Å². The Bertz CT molecular complexity index is 516. The zero-order valence-electron chi connectivity index (χ0n) is 11.1. The van der Waals surface area contributed by atoms with Crippen LogP contribution in [0.5, 0.6) is 0 Å². The van der Waals surface area contributed by atoms with Gasteiger partial charge in [0, 0.05) is 17.3 Å². The topological polar surface area (TPSA) is 44.9 Å². The summed E-state index contributed by atoms with van der Waals surface area (Å²) in [5.74, 6) is 0.609. The van der Waals surface area contributed by atoms with Crippen molar-refractivity contribution in [3.63, 3.8) is 0 Å². The van der Waals surface area contributed by atoms with Crippen molar-refractivity contribution >= 4 is 23.2 Å². The summed E-state index contributed by atoms with van der Waals surface area (Å²) < 4.78 is 0. The maximum absolute atomic E-state index is 6.13. The maximum Gasteiger partial charge on any atom is 0.196 e. The van der Waals surface area contributed by atoms with E-state index in [-0.39, 0.29) is 5.54 Å². The lowest BCUT2D eigenvalue weighted by atomic mass is 9.88. The molecule has 0 bridgehead atoms. The molecule has 1 saturated heterocycles. The molecule has 5 heteroatoms. The Hall–Kier alpha value is -1.26. The number of benzene rings is 1. The summed E-state index contributed by atoms with van der Waals surface area (Å²) >= 11 is 6.11. The van der Waals surface area contributed by atoms with E-state index in [1.807, 2.05) is 18.2 Å². The SMILES string of the molecule is CN1CCCC2(CN=C(N)N2c2cccc(Cl)c2)C1. The van der Waals surface area contributed by atoms with E-state index in [4.69, 9.17) is 17.3 Å². The van der Waals surface area contributed by atoms with Crippen molar-refractivity contribution < 1.29 is 0 Å². The molecule has 0 aromatic heterocycles. The van der Waals surface area contributed by atoms with Gasteiger partial charge in [-0.25, -0.2) is 0 Å². The summed E-state index contributed by atoms with van der Waals surface area (Å²) in [6.07, 6.45) is 2.30. The first kappa shape index (κ1) is 12.8. The van der Waals surface area contributed by atoms with E-state index in [9.17, 15) is 0 Å². The molecule has 102 valence electrons.